The molecule has 1 heterocycles. The molecule has 6 rings (SSSR count). The van der Waals surface area contributed by atoms with Crippen LogP contribution in [0.1, 0.15) is 16.8 Å². The quantitative estimate of drug-likeness (QED) is 0.128. The minimum atomic E-state index is 0.713. The molecule has 6 nitrogen and oxygen atoms in total. The van der Waals surface area contributed by atoms with Gasteiger partial charge in [-0.05, 0) is 99.2 Å². The fraction of sp³-hybridized carbons (Fsp3) is 0.200. The molecule has 0 amide bonds. The van der Waals surface area contributed by atoms with Crippen LogP contribution in [0.2, 0.25) is 0 Å². The van der Waals surface area contributed by atoms with E-state index in [9.17, 15) is 0 Å². The number of hydrogen-bond acceptors (Lipinski definition) is 5. The normalized spacial score (nSPS) is 11.0. The molecule has 0 saturated heterocycles. The Morgan fingerprint density at radius 1 is 0.532 bits per heavy atom. The first kappa shape index (κ1) is 32.1. The Balaban J connectivity index is 1.66. The van der Waals surface area contributed by atoms with E-state index in [2.05, 4.69) is 75.1 Å². The second kappa shape index (κ2) is 14.3. The van der Waals surface area contributed by atoms with Gasteiger partial charge in [0, 0.05) is 35.2 Å². The van der Waals surface area contributed by atoms with E-state index in [1.54, 1.807) is 35.5 Å². The average molecular weight is 693 g/mol. The first-order valence-corrected chi connectivity index (χ1v) is 16.2. The van der Waals surface area contributed by atoms with Crippen LogP contribution in [0.5, 0.6) is 28.7 Å². The number of aromatic nitrogens is 1. The summed E-state index contributed by atoms with van der Waals surface area (Å²) >= 11 is 3.88. The van der Waals surface area contributed by atoms with E-state index in [1.165, 1.54) is 22.4 Å². The molecule has 0 saturated carbocycles. The Labute approximate surface area is 284 Å². The van der Waals surface area contributed by atoms with Crippen molar-refractivity contribution in [2.75, 3.05) is 35.5 Å². The summed E-state index contributed by atoms with van der Waals surface area (Å²) in [5.41, 5.74) is 9.07. The molecular formula is C40H38BrNO5. The molecular weight excluding hydrogens is 654 g/mol. The summed E-state index contributed by atoms with van der Waals surface area (Å²) in [6, 6.07) is 35.4. The lowest BCUT2D eigenvalue weighted by atomic mass is 9.96. The highest BCUT2D eigenvalue weighted by molar-refractivity contribution is 9.10. The molecule has 0 unspecified atom stereocenters. The van der Waals surface area contributed by atoms with Crippen molar-refractivity contribution in [3.05, 3.63) is 124 Å². The highest BCUT2D eigenvalue weighted by Gasteiger charge is 2.26. The van der Waals surface area contributed by atoms with Crippen molar-refractivity contribution in [2.24, 2.45) is 0 Å². The second-order valence-electron chi connectivity index (χ2n) is 11.2. The monoisotopic (exact) mass is 691 g/mol. The molecule has 240 valence electrons. The lowest BCUT2D eigenvalue weighted by molar-refractivity contribution is 0.413. The lowest BCUT2D eigenvalue weighted by Gasteiger charge is -2.18. The van der Waals surface area contributed by atoms with Gasteiger partial charge in [-0.25, -0.2) is 0 Å². The summed E-state index contributed by atoms with van der Waals surface area (Å²) in [6.45, 7) is 0.748. The fourth-order valence-electron chi connectivity index (χ4n) is 6.22. The van der Waals surface area contributed by atoms with E-state index in [4.69, 9.17) is 23.7 Å². The van der Waals surface area contributed by atoms with Gasteiger partial charge in [0.05, 0.1) is 45.5 Å². The number of hydrogen-bond donors (Lipinski definition) is 0. The highest BCUT2D eigenvalue weighted by atomic mass is 79.9. The van der Waals surface area contributed by atoms with Crippen LogP contribution in [-0.4, -0.2) is 40.1 Å². The van der Waals surface area contributed by atoms with Crippen LogP contribution in [0.15, 0.2) is 108 Å². The molecule has 0 aliphatic heterocycles. The van der Waals surface area contributed by atoms with Crippen LogP contribution >= 0.6 is 15.9 Å². The predicted octanol–water partition coefficient (Wildman–Crippen LogP) is 9.61. The number of nitrogens with zero attached hydrogens (tertiary/aromatic N) is 1. The smallest absolute Gasteiger partial charge is 0.143 e. The molecule has 47 heavy (non-hydrogen) atoms. The minimum absolute atomic E-state index is 0.713. The van der Waals surface area contributed by atoms with Crippen molar-refractivity contribution in [1.82, 2.24) is 4.57 Å². The summed E-state index contributed by atoms with van der Waals surface area (Å²) < 4.78 is 31.4. The van der Waals surface area contributed by atoms with Gasteiger partial charge in [-0.1, -0.05) is 48.5 Å². The van der Waals surface area contributed by atoms with Crippen molar-refractivity contribution < 1.29 is 23.7 Å². The van der Waals surface area contributed by atoms with E-state index < -0.39 is 0 Å². The van der Waals surface area contributed by atoms with Crippen molar-refractivity contribution in [3.8, 4) is 51.0 Å². The Kier molecular flexibility index (Phi) is 9.73. The van der Waals surface area contributed by atoms with Crippen LogP contribution in [-0.2, 0) is 19.4 Å². The summed E-state index contributed by atoms with van der Waals surface area (Å²) in [6.07, 6.45) is 1.54. The van der Waals surface area contributed by atoms with Gasteiger partial charge >= 0.3 is 0 Å². The van der Waals surface area contributed by atoms with Crippen molar-refractivity contribution >= 4 is 26.8 Å². The Hall–Kier alpha value is -4.88. The molecule has 0 bridgehead atoms. The molecule has 0 spiro atoms. The summed E-state index contributed by atoms with van der Waals surface area (Å²) in [5.74, 6) is 4.07. The second-order valence-corrected chi connectivity index (χ2v) is 12.1. The van der Waals surface area contributed by atoms with Crippen molar-refractivity contribution in [1.29, 1.82) is 0 Å². The van der Waals surface area contributed by atoms with E-state index in [1.807, 2.05) is 48.5 Å². The highest BCUT2D eigenvalue weighted by Crippen LogP contribution is 2.48. The topological polar surface area (TPSA) is 51.1 Å². The third-order valence-electron chi connectivity index (χ3n) is 8.64. The molecule has 0 fully saturated rings. The number of fused-ring (bicyclic) bond motifs is 1. The van der Waals surface area contributed by atoms with Crippen molar-refractivity contribution in [3.63, 3.8) is 0 Å². The molecule has 0 atom stereocenters. The van der Waals surface area contributed by atoms with Crippen LogP contribution in [0.3, 0.4) is 0 Å². The molecule has 6 aromatic rings. The molecule has 0 radical (unpaired) electrons. The zero-order valence-electron chi connectivity index (χ0n) is 27.3. The number of rotatable bonds is 12. The summed E-state index contributed by atoms with van der Waals surface area (Å²) in [4.78, 5) is 0. The average Bonchev–Trinajstić information content (AvgIpc) is 3.42. The first-order valence-electron chi connectivity index (χ1n) is 15.4. The van der Waals surface area contributed by atoms with Crippen molar-refractivity contribution in [2.45, 2.75) is 19.4 Å². The Morgan fingerprint density at radius 2 is 0.979 bits per heavy atom. The van der Waals surface area contributed by atoms with Gasteiger partial charge in [-0.2, -0.15) is 0 Å². The number of ether oxygens (including phenoxy) is 5. The van der Waals surface area contributed by atoms with Gasteiger partial charge in [-0.15, -0.1) is 0 Å². The zero-order chi connectivity index (χ0) is 32.9. The molecule has 0 aliphatic carbocycles. The summed E-state index contributed by atoms with van der Waals surface area (Å²) in [5, 5.41) is 1.13. The Morgan fingerprint density at radius 3 is 1.45 bits per heavy atom. The van der Waals surface area contributed by atoms with E-state index >= 15 is 0 Å². The molecule has 1 aromatic heterocycles. The summed E-state index contributed by atoms with van der Waals surface area (Å²) in [7, 11) is 8.49. The third kappa shape index (κ3) is 6.54. The SMILES string of the molecule is COc1ccc(CCn2c(Cc3ccc(OC)cc3)c(-c3ccc(OC)cc3)c3cc(Br)c(OC)c(-c4ccc(OC)cc4)c32)cc1. The van der Waals surface area contributed by atoms with Crippen LogP contribution in [0.25, 0.3) is 33.2 Å². The van der Waals surface area contributed by atoms with Gasteiger partial charge in [-0.3, -0.25) is 0 Å². The van der Waals surface area contributed by atoms with Gasteiger partial charge in [0.15, 0.2) is 0 Å². The predicted molar refractivity (Wildman–Crippen MR) is 193 cm³/mol. The number of halogens is 1. The molecule has 0 N–H and O–H groups in total. The fourth-order valence-corrected chi connectivity index (χ4v) is 6.81. The standard InChI is InChI=1S/C40H38BrNO5/c1-43-30-14-6-26(7-15-30)22-23-42-36(24-27-8-16-31(44-2)17-9-27)37(28-10-18-32(45-3)19-11-28)34-25-35(41)40(47-5)38(39(34)42)29-12-20-33(46-4)21-13-29/h6-21,25H,22-24H2,1-5H3. The maximum Gasteiger partial charge on any atom is 0.143 e. The Bertz CT molecular complexity index is 1960. The van der Waals surface area contributed by atoms with E-state index in [0.29, 0.717) is 6.42 Å². The van der Waals surface area contributed by atoms with E-state index in [-0.39, 0.29) is 0 Å². The third-order valence-corrected chi connectivity index (χ3v) is 9.22. The van der Waals surface area contributed by atoms with Gasteiger partial charge in [0.25, 0.3) is 0 Å². The number of methoxy groups -OCH3 is 5. The van der Waals surface area contributed by atoms with Crippen LogP contribution in [0, 0.1) is 0 Å². The maximum absolute atomic E-state index is 6.13. The minimum Gasteiger partial charge on any atom is -0.497 e. The van der Waals surface area contributed by atoms with Gasteiger partial charge in [0.2, 0.25) is 0 Å². The van der Waals surface area contributed by atoms with Crippen LogP contribution in [0.4, 0.5) is 0 Å². The lowest BCUT2D eigenvalue weighted by Crippen LogP contribution is -2.08. The molecule has 5 aromatic carbocycles. The molecule has 0 aliphatic rings. The largest absolute Gasteiger partial charge is 0.497 e. The van der Waals surface area contributed by atoms with Gasteiger partial charge < -0.3 is 28.3 Å². The first-order chi connectivity index (χ1) is 23.0. The maximum atomic E-state index is 6.13. The zero-order valence-corrected chi connectivity index (χ0v) is 28.9. The number of aryl methyl sites for hydroxylation is 2. The van der Waals surface area contributed by atoms with Crippen LogP contribution < -0.4 is 23.7 Å². The molecule has 7 heteroatoms. The van der Waals surface area contributed by atoms with Gasteiger partial charge in [0.1, 0.15) is 28.7 Å². The number of benzene rings is 5. The van der Waals surface area contributed by atoms with E-state index in [0.717, 1.165) is 73.8 Å².